The summed E-state index contributed by atoms with van der Waals surface area (Å²) in [5.74, 6) is -3.23. The number of fused-ring (bicyclic) bond motifs is 2. The van der Waals surface area contributed by atoms with Crippen molar-refractivity contribution >= 4 is 57.9 Å². The minimum Gasteiger partial charge on any atom is -0.380 e. The maximum atomic E-state index is 14.6. The highest BCUT2D eigenvalue weighted by Gasteiger charge is 2.46. The molecule has 3 fully saturated rings. The summed E-state index contributed by atoms with van der Waals surface area (Å²) in [6.45, 7) is 5.87. The number of nitrogens with one attached hydrogen (secondary N) is 3. The molecule has 2 atom stereocenters. The number of likely N-dealkylation sites (tertiary alicyclic amines) is 1. The summed E-state index contributed by atoms with van der Waals surface area (Å²) in [6.07, 6.45) is 2.99. The molecule has 0 aliphatic carbocycles. The van der Waals surface area contributed by atoms with Crippen molar-refractivity contribution in [1.82, 2.24) is 35.1 Å². The first-order valence-corrected chi connectivity index (χ1v) is 23.2. The summed E-state index contributed by atoms with van der Waals surface area (Å²) in [5, 5.41) is 12.6. The van der Waals surface area contributed by atoms with Gasteiger partial charge in [0.2, 0.25) is 23.6 Å². The second-order valence-electron chi connectivity index (χ2n) is 18.1. The van der Waals surface area contributed by atoms with Crippen molar-refractivity contribution < 1.29 is 42.1 Å². The zero-order valence-corrected chi connectivity index (χ0v) is 38.0. The Hall–Kier alpha value is -7.60. The molecule has 3 N–H and O–H groups in total. The zero-order chi connectivity index (χ0) is 48.1. The third kappa shape index (κ3) is 8.64. The number of imidazole rings is 1. The molecule has 354 valence electrons. The van der Waals surface area contributed by atoms with Gasteiger partial charge in [-0.05, 0) is 99.0 Å². The zero-order valence-electron chi connectivity index (χ0n) is 38.0. The predicted octanol–water partition coefficient (Wildman–Crippen LogP) is 6.81. The lowest BCUT2D eigenvalue weighted by molar-refractivity contribution is -0.136. The molecule has 10 rings (SSSR count). The molecule has 6 heterocycles. The van der Waals surface area contributed by atoms with Gasteiger partial charge >= 0.3 is 0 Å². The van der Waals surface area contributed by atoms with E-state index in [2.05, 4.69) is 30.6 Å². The SMILES string of the molecule is Cc1noc(C)c1-c1ccc2c(c1)nc([C@@H]1CCCC(=O)N1c1ccc(F)c(F)c1)n2C1CCN(CC(=O)NCc2ccc(CNc3cccc4c3C(=O)N(C3CCC(=O)NC3=O)C4=O)cc2)CC1. The van der Waals surface area contributed by atoms with Gasteiger partial charge in [-0.3, -0.25) is 43.9 Å². The Morgan fingerprint density at radius 2 is 1.57 bits per heavy atom. The van der Waals surface area contributed by atoms with Gasteiger partial charge in [0, 0.05) is 68.1 Å². The molecular formula is C51H49F2N9O7. The van der Waals surface area contributed by atoms with Crippen molar-refractivity contribution in [3.8, 4) is 11.1 Å². The van der Waals surface area contributed by atoms with E-state index >= 15 is 0 Å². The number of carbonyl (C=O) groups is 6. The average Bonchev–Trinajstić information content (AvgIpc) is 3.98. The quantitative estimate of drug-likeness (QED) is 0.109. The number of aromatic nitrogens is 3. The lowest BCUT2D eigenvalue weighted by Crippen LogP contribution is -2.54. The largest absolute Gasteiger partial charge is 0.380 e. The Kier molecular flexibility index (Phi) is 12.1. The minimum atomic E-state index is -1.05. The third-order valence-electron chi connectivity index (χ3n) is 13.7. The summed E-state index contributed by atoms with van der Waals surface area (Å²) in [6, 6.07) is 20.6. The topological polar surface area (TPSA) is 192 Å². The Labute approximate surface area is 395 Å². The van der Waals surface area contributed by atoms with E-state index in [-0.39, 0.29) is 60.5 Å². The fourth-order valence-corrected chi connectivity index (χ4v) is 10.3. The summed E-state index contributed by atoms with van der Waals surface area (Å²) < 4.78 is 36.4. The van der Waals surface area contributed by atoms with Crippen LogP contribution in [0.2, 0.25) is 0 Å². The first kappa shape index (κ1) is 45.2. The third-order valence-corrected chi connectivity index (χ3v) is 13.7. The number of benzene rings is 4. The summed E-state index contributed by atoms with van der Waals surface area (Å²) in [5.41, 5.74) is 7.04. The number of aryl methyl sites for hydroxylation is 2. The van der Waals surface area contributed by atoms with E-state index in [1.807, 2.05) is 56.3 Å². The highest BCUT2D eigenvalue weighted by atomic mass is 19.2. The van der Waals surface area contributed by atoms with Crippen LogP contribution in [0.15, 0.2) is 83.4 Å². The fourth-order valence-electron chi connectivity index (χ4n) is 10.3. The Morgan fingerprint density at radius 3 is 2.29 bits per heavy atom. The average molecular weight is 938 g/mol. The minimum absolute atomic E-state index is 0.0237. The first-order valence-electron chi connectivity index (χ1n) is 23.2. The molecule has 6 aromatic rings. The number of nitrogens with zero attached hydrogens (tertiary/aromatic N) is 6. The van der Waals surface area contributed by atoms with Gasteiger partial charge in [0.25, 0.3) is 11.8 Å². The number of rotatable bonds is 12. The number of anilines is 2. The smallest absolute Gasteiger partial charge is 0.264 e. The van der Waals surface area contributed by atoms with Crippen molar-refractivity contribution in [2.45, 2.75) is 90.0 Å². The molecule has 69 heavy (non-hydrogen) atoms. The van der Waals surface area contributed by atoms with Crippen molar-refractivity contribution in [2.24, 2.45) is 0 Å². The Balaban J connectivity index is 0.780. The standard InChI is InChI=1S/C51H49F2N9O7/c1-28-46(29(2)69-58-28)32-13-16-40-39(23-32)56-48(41-7-4-8-45(65)60(41)34-14-15-36(52)37(53)24-34)61(40)33-19-21-59(22-20-33)27-44(64)55-26-31-11-9-30(10-12-31)25-54-38-6-3-5-35-47(38)51(68)62(50(35)67)42-17-18-43(63)57-49(42)66/h3,5-6,9-16,23-24,33,41-42,54H,4,7-8,17-22,25-27H2,1-2H3,(H,55,64)(H,57,63,66)/t41-,42?/m0/s1. The monoisotopic (exact) mass is 937 g/mol. The fraction of sp³-hybridized carbons (Fsp3) is 0.333. The van der Waals surface area contributed by atoms with Gasteiger partial charge in [-0.15, -0.1) is 0 Å². The summed E-state index contributed by atoms with van der Waals surface area (Å²) in [4.78, 5) is 87.7. The lowest BCUT2D eigenvalue weighted by atomic mass is 9.98. The normalized spacial score (nSPS) is 19.1. The molecule has 0 bridgehead atoms. The number of hydrogen-bond acceptors (Lipinski definition) is 11. The van der Waals surface area contributed by atoms with Gasteiger partial charge in [0.05, 0.1) is 40.4 Å². The number of halogens is 2. The predicted molar refractivity (Wildman–Crippen MR) is 249 cm³/mol. The van der Waals surface area contributed by atoms with Gasteiger partial charge < -0.3 is 24.6 Å². The van der Waals surface area contributed by atoms with Gasteiger partial charge in [-0.2, -0.15) is 0 Å². The molecule has 16 nitrogen and oxygen atoms in total. The molecule has 4 aromatic carbocycles. The van der Waals surface area contributed by atoms with Crippen LogP contribution < -0.4 is 20.9 Å². The highest BCUT2D eigenvalue weighted by Crippen LogP contribution is 2.41. The van der Waals surface area contributed by atoms with Crippen LogP contribution in [0, 0.1) is 25.5 Å². The molecule has 6 amide bonds. The molecule has 1 unspecified atom stereocenters. The van der Waals surface area contributed by atoms with E-state index in [1.54, 1.807) is 23.1 Å². The van der Waals surface area contributed by atoms with Crippen LogP contribution in [0.3, 0.4) is 0 Å². The van der Waals surface area contributed by atoms with Gasteiger partial charge in [0.1, 0.15) is 17.6 Å². The van der Waals surface area contributed by atoms with E-state index in [0.717, 1.165) is 56.0 Å². The molecule has 4 aliphatic rings. The molecule has 0 spiro atoms. The van der Waals surface area contributed by atoms with Gasteiger partial charge in [-0.25, -0.2) is 13.8 Å². The number of imide groups is 2. The highest BCUT2D eigenvalue weighted by molar-refractivity contribution is 6.25. The van der Waals surface area contributed by atoms with Gasteiger partial charge in [0.15, 0.2) is 11.6 Å². The lowest BCUT2D eigenvalue weighted by Gasteiger charge is -2.38. The van der Waals surface area contributed by atoms with Crippen LogP contribution in [-0.2, 0) is 32.3 Å². The van der Waals surface area contributed by atoms with Crippen molar-refractivity contribution in [3.05, 3.63) is 130 Å². The van der Waals surface area contributed by atoms with E-state index in [4.69, 9.17) is 9.51 Å². The van der Waals surface area contributed by atoms with Crippen LogP contribution >= 0.6 is 0 Å². The second-order valence-corrected chi connectivity index (χ2v) is 18.1. The molecule has 0 saturated carbocycles. The number of carbonyl (C=O) groups excluding carboxylic acids is 6. The van der Waals surface area contributed by atoms with Crippen molar-refractivity contribution in [1.29, 1.82) is 0 Å². The molecule has 4 aliphatic heterocycles. The molecular weight excluding hydrogens is 889 g/mol. The Bertz CT molecular complexity index is 3050. The van der Waals surface area contributed by atoms with Crippen molar-refractivity contribution in [2.75, 3.05) is 29.9 Å². The van der Waals surface area contributed by atoms with Crippen LogP contribution in [0.4, 0.5) is 20.2 Å². The van der Waals surface area contributed by atoms with Crippen LogP contribution in [-0.4, -0.2) is 85.6 Å². The van der Waals surface area contributed by atoms with E-state index < -0.39 is 47.3 Å². The molecule has 18 heteroatoms. The number of hydrogen-bond donors (Lipinski definition) is 3. The molecule has 3 saturated heterocycles. The van der Waals surface area contributed by atoms with Gasteiger partial charge in [-0.1, -0.05) is 41.6 Å². The molecule has 2 aromatic heterocycles. The molecule has 0 radical (unpaired) electrons. The maximum absolute atomic E-state index is 14.6. The Morgan fingerprint density at radius 1 is 0.797 bits per heavy atom. The van der Waals surface area contributed by atoms with Crippen LogP contribution in [0.5, 0.6) is 0 Å². The van der Waals surface area contributed by atoms with Crippen LogP contribution in [0.25, 0.3) is 22.2 Å². The van der Waals surface area contributed by atoms with Crippen molar-refractivity contribution in [3.63, 3.8) is 0 Å². The summed E-state index contributed by atoms with van der Waals surface area (Å²) in [7, 11) is 0. The van der Waals surface area contributed by atoms with E-state index in [9.17, 15) is 37.5 Å². The maximum Gasteiger partial charge on any atom is 0.264 e. The number of piperidine rings is 3. The summed E-state index contributed by atoms with van der Waals surface area (Å²) >= 11 is 0. The van der Waals surface area contributed by atoms with E-state index in [1.165, 1.54) is 6.07 Å². The number of amides is 6. The van der Waals surface area contributed by atoms with Crippen LogP contribution in [0.1, 0.15) is 106 Å². The second kappa shape index (κ2) is 18.5. The van der Waals surface area contributed by atoms with E-state index in [0.29, 0.717) is 69.1 Å². The first-order chi connectivity index (χ1) is 33.3.